The van der Waals surface area contributed by atoms with Crippen LogP contribution in [0.4, 0.5) is 11.4 Å². The molecular formula is C12H16N2O2. The van der Waals surface area contributed by atoms with Crippen LogP contribution in [-0.4, -0.2) is 18.1 Å². The summed E-state index contributed by atoms with van der Waals surface area (Å²) in [5.41, 5.74) is 6.26. The Labute approximate surface area is 94.8 Å². The standard InChI is InChI=1S/C12H16N2O2/c1-12(7-4-8-16-12)11(15)14-10-6-3-2-5-9(10)13/h2-3,5-6H,4,7-8,13H2,1H3,(H,14,15). The predicted molar refractivity (Wildman–Crippen MR) is 63.1 cm³/mol. The monoisotopic (exact) mass is 220 g/mol. The van der Waals surface area contributed by atoms with Crippen molar-refractivity contribution in [2.24, 2.45) is 0 Å². The molecule has 0 saturated carbocycles. The summed E-state index contributed by atoms with van der Waals surface area (Å²) < 4.78 is 5.46. The molecule has 0 aromatic heterocycles. The Morgan fingerprint density at radius 2 is 2.25 bits per heavy atom. The lowest BCUT2D eigenvalue weighted by molar-refractivity contribution is -0.133. The van der Waals surface area contributed by atoms with Gasteiger partial charge in [0.15, 0.2) is 0 Å². The van der Waals surface area contributed by atoms with E-state index >= 15 is 0 Å². The first-order chi connectivity index (χ1) is 7.62. The summed E-state index contributed by atoms with van der Waals surface area (Å²) >= 11 is 0. The van der Waals surface area contributed by atoms with E-state index in [4.69, 9.17) is 10.5 Å². The van der Waals surface area contributed by atoms with Crippen LogP contribution < -0.4 is 11.1 Å². The second-order valence-electron chi connectivity index (χ2n) is 4.22. The van der Waals surface area contributed by atoms with Gasteiger partial charge in [-0.2, -0.15) is 0 Å². The van der Waals surface area contributed by atoms with Crippen LogP contribution in [0.5, 0.6) is 0 Å². The number of carbonyl (C=O) groups is 1. The van der Waals surface area contributed by atoms with Crippen molar-refractivity contribution in [3.05, 3.63) is 24.3 Å². The van der Waals surface area contributed by atoms with Crippen molar-refractivity contribution in [1.82, 2.24) is 0 Å². The normalized spacial score (nSPS) is 24.3. The van der Waals surface area contributed by atoms with E-state index in [-0.39, 0.29) is 5.91 Å². The molecule has 4 nitrogen and oxygen atoms in total. The highest BCUT2D eigenvalue weighted by atomic mass is 16.5. The first-order valence-corrected chi connectivity index (χ1v) is 5.42. The zero-order valence-electron chi connectivity index (χ0n) is 9.32. The third-order valence-corrected chi connectivity index (χ3v) is 2.91. The summed E-state index contributed by atoms with van der Waals surface area (Å²) in [6.45, 7) is 2.46. The number of carbonyl (C=O) groups excluding carboxylic acids is 1. The van der Waals surface area contributed by atoms with Gasteiger partial charge < -0.3 is 15.8 Å². The van der Waals surface area contributed by atoms with E-state index in [1.54, 1.807) is 12.1 Å². The number of nitrogen functional groups attached to an aromatic ring is 1. The van der Waals surface area contributed by atoms with Gasteiger partial charge in [0, 0.05) is 6.61 Å². The molecule has 4 heteroatoms. The number of nitrogens with two attached hydrogens (primary N) is 1. The molecule has 1 aromatic carbocycles. The first kappa shape index (κ1) is 11.0. The SMILES string of the molecule is CC1(C(=O)Nc2ccccc2N)CCCO1. The molecule has 1 amide bonds. The van der Waals surface area contributed by atoms with Crippen molar-refractivity contribution < 1.29 is 9.53 Å². The Bertz CT molecular complexity index is 398. The predicted octanol–water partition coefficient (Wildman–Crippen LogP) is 1.78. The van der Waals surface area contributed by atoms with Crippen molar-refractivity contribution in [1.29, 1.82) is 0 Å². The average Bonchev–Trinajstić information content (AvgIpc) is 2.70. The van der Waals surface area contributed by atoms with Crippen LogP contribution in [0.1, 0.15) is 19.8 Å². The van der Waals surface area contributed by atoms with Crippen LogP contribution in [0.25, 0.3) is 0 Å². The average molecular weight is 220 g/mol. The van der Waals surface area contributed by atoms with Crippen molar-refractivity contribution in [2.75, 3.05) is 17.7 Å². The number of anilines is 2. The lowest BCUT2D eigenvalue weighted by Gasteiger charge is -2.22. The molecule has 1 saturated heterocycles. The fraction of sp³-hybridized carbons (Fsp3) is 0.417. The molecule has 2 rings (SSSR count). The van der Waals surface area contributed by atoms with Crippen LogP contribution in [0, 0.1) is 0 Å². The molecule has 86 valence electrons. The van der Waals surface area contributed by atoms with Crippen molar-refractivity contribution in [2.45, 2.75) is 25.4 Å². The minimum absolute atomic E-state index is 0.122. The molecule has 16 heavy (non-hydrogen) atoms. The third kappa shape index (κ3) is 2.02. The van der Waals surface area contributed by atoms with Gasteiger partial charge >= 0.3 is 0 Å². The highest BCUT2D eigenvalue weighted by molar-refractivity contribution is 5.99. The molecular weight excluding hydrogens is 204 g/mol. The smallest absolute Gasteiger partial charge is 0.256 e. The Balaban J connectivity index is 2.10. The van der Waals surface area contributed by atoms with E-state index in [0.29, 0.717) is 18.0 Å². The van der Waals surface area contributed by atoms with Gasteiger partial charge in [-0.3, -0.25) is 4.79 Å². The van der Waals surface area contributed by atoms with Gasteiger partial charge in [0.2, 0.25) is 0 Å². The number of nitrogens with one attached hydrogen (secondary N) is 1. The minimum Gasteiger partial charge on any atom is -0.397 e. The maximum atomic E-state index is 12.0. The van der Waals surface area contributed by atoms with Gasteiger partial charge in [-0.1, -0.05) is 12.1 Å². The van der Waals surface area contributed by atoms with Crippen LogP contribution in [-0.2, 0) is 9.53 Å². The van der Waals surface area contributed by atoms with Crippen molar-refractivity contribution in [3.8, 4) is 0 Å². The van der Waals surface area contributed by atoms with Crippen LogP contribution in [0.15, 0.2) is 24.3 Å². The Kier molecular flexibility index (Phi) is 2.83. The summed E-state index contributed by atoms with van der Waals surface area (Å²) in [6, 6.07) is 7.21. The topological polar surface area (TPSA) is 64.4 Å². The zero-order valence-corrected chi connectivity index (χ0v) is 9.32. The summed E-state index contributed by atoms with van der Waals surface area (Å²) in [7, 11) is 0. The van der Waals surface area contributed by atoms with Crippen LogP contribution in [0.2, 0.25) is 0 Å². The number of hydrogen-bond donors (Lipinski definition) is 2. The van der Waals surface area contributed by atoms with E-state index in [2.05, 4.69) is 5.32 Å². The summed E-state index contributed by atoms with van der Waals surface area (Å²) in [5, 5.41) is 2.80. The Hall–Kier alpha value is -1.55. The molecule has 1 heterocycles. The maximum Gasteiger partial charge on any atom is 0.256 e. The van der Waals surface area contributed by atoms with Gasteiger partial charge in [0.1, 0.15) is 5.60 Å². The zero-order chi connectivity index (χ0) is 11.6. The molecule has 1 atom stereocenters. The second-order valence-corrected chi connectivity index (χ2v) is 4.22. The van der Waals surface area contributed by atoms with Gasteiger partial charge in [0.25, 0.3) is 5.91 Å². The van der Waals surface area contributed by atoms with Crippen molar-refractivity contribution >= 4 is 17.3 Å². The molecule has 1 aliphatic rings. The fourth-order valence-corrected chi connectivity index (χ4v) is 1.82. The molecule has 1 aliphatic heterocycles. The number of rotatable bonds is 2. The summed E-state index contributed by atoms with van der Waals surface area (Å²) in [5.74, 6) is -0.122. The lowest BCUT2D eigenvalue weighted by Crippen LogP contribution is -2.39. The summed E-state index contributed by atoms with van der Waals surface area (Å²) in [4.78, 5) is 12.0. The molecule has 1 fully saturated rings. The molecule has 0 spiro atoms. The molecule has 1 aromatic rings. The number of amides is 1. The number of benzene rings is 1. The Morgan fingerprint density at radius 1 is 1.50 bits per heavy atom. The van der Waals surface area contributed by atoms with Crippen LogP contribution in [0.3, 0.4) is 0 Å². The van der Waals surface area contributed by atoms with E-state index in [0.717, 1.165) is 12.8 Å². The number of hydrogen-bond acceptors (Lipinski definition) is 3. The highest BCUT2D eigenvalue weighted by Gasteiger charge is 2.37. The fourth-order valence-electron chi connectivity index (χ4n) is 1.82. The van der Waals surface area contributed by atoms with Gasteiger partial charge in [-0.25, -0.2) is 0 Å². The number of para-hydroxylation sites is 2. The molecule has 0 radical (unpaired) electrons. The van der Waals surface area contributed by atoms with E-state index in [9.17, 15) is 4.79 Å². The maximum absolute atomic E-state index is 12.0. The largest absolute Gasteiger partial charge is 0.397 e. The third-order valence-electron chi connectivity index (χ3n) is 2.91. The quantitative estimate of drug-likeness (QED) is 0.747. The molecule has 1 unspecified atom stereocenters. The Morgan fingerprint density at radius 3 is 2.88 bits per heavy atom. The van der Waals surface area contributed by atoms with E-state index in [1.165, 1.54) is 0 Å². The van der Waals surface area contributed by atoms with Gasteiger partial charge in [-0.15, -0.1) is 0 Å². The van der Waals surface area contributed by atoms with Crippen molar-refractivity contribution in [3.63, 3.8) is 0 Å². The lowest BCUT2D eigenvalue weighted by atomic mass is 10.0. The summed E-state index contributed by atoms with van der Waals surface area (Å²) in [6.07, 6.45) is 1.68. The molecule has 0 bridgehead atoms. The van der Waals surface area contributed by atoms with Crippen LogP contribution >= 0.6 is 0 Å². The minimum atomic E-state index is -0.706. The highest BCUT2D eigenvalue weighted by Crippen LogP contribution is 2.27. The molecule has 0 aliphatic carbocycles. The van der Waals surface area contributed by atoms with E-state index < -0.39 is 5.60 Å². The van der Waals surface area contributed by atoms with E-state index in [1.807, 2.05) is 19.1 Å². The first-order valence-electron chi connectivity index (χ1n) is 5.42. The second kappa shape index (κ2) is 4.14. The molecule has 3 N–H and O–H groups in total. The van der Waals surface area contributed by atoms with Gasteiger partial charge in [0.05, 0.1) is 11.4 Å². The number of ether oxygens (including phenoxy) is 1. The van der Waals surface area contributed by atoms with Gasteiger partial charge in [-0.05, 0) is 31.9 Å².